The topological polar surface area (TPSA) is 108 Å². The highest BCUT2D eigenvalue weighted by molar-refractivity contribution is 6.06. The predicted molar refractivity (Wildman–Crippen MR) is 84.6 cm³/mol. The molecular formula is C16H16N2O6. The van der Waals surface area contributed by atoms with Crippen LogP contribution in [0.3, 0.4) is 0 Å². The Morgan fingerprint density at radius 1 is 1.29 bits per heavy atom. The van der Waals surface area contributed by atoms with Crippen LogP contribution in [0.4, 0.5) is 0 Å². The number of esters is 1. The zero-order valence-corrected chi connectivity index (χ0v) is 13.4. The second kappa shape index (κ2) is 7.03. The summed E-state index contributed by atoms with van der Waals surface area (Å²) in [7, 11) is 0. The van der Waals surface area contributed by atoms with Crippen LogP contribution < -0.4 is 4.74 Å². The van der Waals surface area contributed by atoms with E-state index in [1.54, 1.807) is 12.1 Å². The van der Waals surface area contributed by atoms with Gasteiger partial charge in [0.15, 0.2) is 5.76 Å². The van der Waals surface area contributed by atoms with Gasteiger partial charge >= 0.3 is 17.9 Å². The maximum atomic E-state index is 12.2. The number of nitro groups is 1. The van der Waals surface area contributed by atoms with Crippen LogP contribution in [0.25, 0.3) is 0 Å². The first kappa shape index (κ1) is 17.3. The van der Waals surface area contributed by atoms with Gasteiger partial charge in [-0.15, -0.1) is 0 Å². The van der Waals surface area contributed by atoms with E-state index in [0.717, 1.165) is 0 Å². The maximum absolute atomic E-state index is 12.2. The van der Waals surface area contributed by atoms with Gasteiger partial charge in [-0.1, -0.05) is 0 Å². The van der Waals surface area contributed by atoms with Gasteiger partial charge in [0.2, 0.25) is 0 Å². The molecule has 0 bridgehead atoms. The molecule has 8 heteroatoms. The number of allylic oxidation sites excluding steroid dienone is 1. The van der Waals surface area contributed by atoms with Crippen molar-refractivity contribution in [3.05, 3.63) is 51.8 Å². The van der Waals surface area contributed by atoms with Crippen molar-refractivity contribution in [2.24, 2.45) is 4.99 Å². The standard InChI is InChI=1S/C16H16N2O6/c1-9(2)23-12-6-4-11(5-7-12)16(20)24-13-8-10(3)17-15(19)14(13)18(21)22/h4-9,14H,1-3H3. The Bertz CT molecular complexity index is 733. The first-order valence-electron chi connectivity index (χ1n) is 7.21. The smallest absolute Gasteiger partial charge is 0.348 e. The molecule has 1 aliphatic heterocycles. The molecule has 1 aromatic carbocycles. The molecule has 1 amide bonds. The van der Waals surface area contributed by atoms with Crippen molar-refractivity contribution in [1.82, 2.24) is 0 Å². The molecule has 0 saturated heterocycles. The van der Waals surface area contributed by atoms with E-state index in [9.17, 15) is 19.7 Å². The average Bonchev–Trinajstić information content (AvgIpc) is 2.45. The monoisotopic (exact) mass is 332 g/mol. The maximum Gasteiger partial charge on any atom is 0.348 e. The van der Waals surface area contributed by atoms with Gasteiger partial charge in [-0.2, -0.15) is 0 Å². The third kappa shape index (κ3) is 4.03. The summed E-state index contributed by atoms with van der Waals surface area (Å²) in [4.78, 5) is 37.5. The Hall–Kier alpha value is -3.03. The van der Waals surface area contributed by atoms with Gasteiger partial charge in [-0.3, -0.25) is 14.9 Å². The van der Waals surface area contributed by atoms with Gasteiger partial charge in [0, 0.05) is 16.7 Å². The minimum absolute atomic E-state index is 0.00989. The summed E-state index contributed by atoms with van der Waals surface area (Å²) in [5.41, 5.74) is 0.420. The van der Waals surface area contributed by atoms with Crippen LogP contribution in [0, 0.1) is 10.1 Å². The summed E-state index contributed by atoms with van der Waals surface area (Å²) in [5, 5.41) is 11.0. The largest absolute Gasteiger partial charge is 0.491 e. The first-order chi connectivity index (χ1) is 11.3. The van der Waals surface area contributed by atoms with Crippen molar-refractivity contribution >= 4 is 17.6 Å². The lowest BCUT2D eigenvalue weighted by molar-refractivity contribution is -0.501. The lowest BCUT2D eigenvalue weighted by atomic mass is 10.1. The summed E-state index contributed by atoms with van der Waals surface area (Å²) < 4.78 is 10.5. The number of rotatable bonds is 5. The van der Waals surface area contributed by atoms with Gasteiger partial charge in [0.05, 0.1) is 11.7 Å². The van der Waals surface area contributed by atoms with Gasteiger partial charge in [0.1, 0.15) is 5.75 Å². The fraction of sp³-hybridized carbons (Fsp3) is 0.312. The van der Waals surface area contributed by atoms with Crippen LogP contribution in [0.15, 0.2) is 41.1 Å². The number of dihydropyridines is 1. The van der Waals surface area contributed by atoms with Crippen molar-refractivity contribution in [3.8, 4) is 5.75 Å². The third-order valence-electron chi connectivity index (χ3n) is 3.02. The number of ether oxygens (including phenoxy) is 2. The Balaban J connectivity index is 2.17. The summed E-state index contributed by atoms with van der Waals surface area (Å²) in [6.45, 7) is 5.23. The molecule has 1 aromatic rings. The quantitative estimate of drug-likeness (QED) is 0.464. The van der Waals surface area contributed by atoms with Crippen molar-refractivity contribution in [2.45, 2.75) is 32.9 Å². The molecule has 0 aromatic heterocycles. The molecular weight excluding hydrogens is 316 g/mol. The summed E-state index contributed by atoms with van der Waals surface area (Å²) in [5.74, 6) is -1.53. The number of hydrogen-bond acceptors (Lipinski definition) is 6. The van der Waals surface area contributed by atoms with Gasteiger partial charge in [-0.05, 0) is 45.0 Å². The van der Waals surface area contributed by atoms with E-state index in [4.69, 9.17) is 9.47 Å². The Labute approximate surface area is 137 Å². The van der Waals surface area contributed by atoms with E-state index in [1.165, 1.54) is 25.1 Å². The van der Waals surface area contributed by atoms with Crippen LogP contribution in [0.5, 0.6) is 5.75 Å². The number of nitrogens with zero attached hydrogens (tertiary/aromatic N) is 2. The molecule has 126 valence electrons. The predicted octanol–water partition coefficient (Wildman–Crippen LogP) is 2.16. The SMILES string of the molecule is CC1=NC(=O)C([N+](=O)[O-])C(OC(=O)c2ccc(OC(C)C)cc2)=C1. The molecule has 0 fully saturated rings. The van der Waals surface area contributed by atoms with Crippen molar-refractivity contribution in [1.29, 1.82) is 0 Å². The zero-order valence-electron chi connectivity index (χ0n) is 13.4. The molecule has 1 heterocycles. The number of carbonyl (C=O) groups excluding carboxylic acids is 2. The highest BCUT2D eigenvalue weighted by Crippen LogP contribution is 2.19. The molecule has 0 radical (unpaired) electrons. The molecule has 0 N–H and O–H groups in total. The molecule has 0 aliphatic carbocycles. The van der Waals surface area contributed by atoms with Crippen molar-refractivity contribution in [2.75, 3.05) is 0 Å². The minimum Gasteiger partial charge on any atom is -0.491 e. The van der Waals surface area contributed by atoms with E-state index in [-0.39, 0.29) is 23.1 Å². The van der Waals surface area contributed by atoms with Crippen LogP contribution in [-0.2, 0) is 9.53 Å². The van der Waals surface area contributed by atoms with Crippen LogP contribution in [-0.4, -0.2) is 34.7 Å². The van der Waals surface area contributed by atoms with E-state index >= 15 is 0 Å². The fourth-order valence-electron chi connectivity index (χ4n) is 2.06. The first-order valence-corrected chi connectivity index (χ1v) is 7.21. The number of hydrogen-bond donors (Lipinski definition) is 0. The van der Waals surface area contributed by atoms with E-state index in [1.807, 2.05) is 13.8 Å². The molecule has 1 atom stereocenters. The minimum atomic E-state index is -1.80. The Morgan fingerprint density at radius 2 is 1.92 bits per heavy atom. The highest BCUT2D eigenvalue weighted by Gasteiger charge is 2.39. The molecule has 2 rings (SSSR count). The highest BCUT2D eigenvalue weighted by atomic mass is 16.6. The normalized spacial score (nSPS) is 17.2. The van der Waals surface area contributed by atoms with Gasteiger partial charge < -0.3 is 9.47 Å². The average molecular weight is 332 g/mol. The number of aliphatic imine (C=N–C) groups is 1. The van der Waals surface area contributed by atoms with Crippen LogP contribution in [0.2, 0.25) is 0 Å². The Kier molecular flexibility index (Phi) is 5.08. The molecule has 0 spiro atoms. The summed E-state index contributed by atoms with van der Waals surface area (Å²) in [6, 6.07) is 4.34. The van der Waals surface area contributed by atoms with E-state index < -0.39 is 22.8 Å². The number of carbonyl (C=O) groups is 2. The third-order valence-corrected chi connectivity index (χ3v) is 3.02. The number of amides is 1. The van der Waals surface area contributed by atoms with Crippen LogP contribution >= 0.6 is 0 Å². The zero-order chi connectivity index (χ0) is 17.9. The Morgan fingerprint density at radius 3 is 2.46 bits per heavy atom. The lowest BCUT2D eigenvalue weighted by Gasteiger charge is -2.15. The fourth-order valence-corrected chi connectivity index (χ4v) is 2.06. The second-order valence-corrected chi connectivity index (χ2v) is 5.41. The molecule has 24 heavy (non-hydrogen) atoms. The summed E-state index contributed by atoms with van der Waals surface area (Å²) >= 11 is 0. The second-order valence-electron chi connectivity index (χ2n) is 5.41. The van der Waals surface area contributed by atoms with Crippen molar-refractivity contribution in [3.63, 3.8) is 0 Å². The lowest BCUT2D eigenvalue weighted by Crippen LogP contribution is -2.35. The molecule has 8 nitrogen and oxygen atoms in total. The van der Waals surface area contributed by atoms with Crippen LogP contribution in [0.1, 0.15) is 31.1 Å². The van der Waals surface area contributed by atoms with Gasteiger partial charge in [-0.25, -0.2) is 9.79 Å². The molecule has 1 aliphatic rings. The number of benzene rings is 1. The molecule has 1 unspecified atom stereocenters. The molecule has 0 saturated carbocycles. The summed E-state index contributed by atoms with van der Waals surface area (Å²) in [6.07, 6.45) is 1.20. The van der Waals surface area contributed by atoms with Gasteiger partial charge in [0.25, 0.3) is 0 Å². The van der Waals surface area contributed by atoms with Crippen molar-refractivity contribution < 1.29 is 24.0 Å². The van der Waals surface area contributed by atoms with E-state index in [0.29, 0.717) is 5.75 Å². The van der Waals surface area contributed by atoms with E-state index in [2.05, 4.69) is 4.99 Å².